The summed E-state index contributed by atoms with van der Waals surface area (Å²) in [5.74, 6) is 1.12. The second-order valence-corrected chi connectivity index (χ2v) is 9.72. The van der Waals surface area contributed by atoms with Crippen molar-refractivity contribution >= 4 is 21.9 Å². The Kier molecular flexibility index (Phi) is 5.18. The Labute approximate surface area is 198 Å². The molecule has 6 rings (SSSR count). The highest BCUT2D eigenvalue weighted by Gasteiger charge is 2.33. The van der Waals surface area contributed by atoms with Crippen molar-refractivity contribution in [2.45, 2.75) is 57.8 Å². The zero-order valence-corrected chi connectivity index (χ0v) is 19.8. The van der Waals surface area contributed by atoms with Gasteiger partial charge in [-0.15, -0.1) is 0 Å². The van der Waals surface area contributed by atoms with E-state index < -0.39 is 0 Å². The molecule has 4 aromatic rings. The van der Waals surface area contributed by atoms with Crippen LogP contribution in [-0.4, -0.2) is 0 Å². The largest absolute Gasteiger partial charge is 0.0648 e. The van der Waals surface area contributed by atoms with E-state index in [2.05, 4.69) is 98.8 Å². The Morgan fingerprint density at radius 2 is 1.21 bits per heavy atom. The third-order valence-electron chi connectivity index (χ3n) is 8.15. The minimum absolute atomic E-state index is 0.560. The summed E-state index contributed by atoms with van der Waals surface area (Å²) in [5.41, 5.74) is 12.1. The molecule has 33 heavy (non-hydrogen) atoms. The Balaban J connectivity index is 1.73. The van der Waals surface area contributed by atoms with E-state index in [4.69, 9.17) is 0 Å². The summed E-state index contributed by atoms with van der Waals surface area (Å²) in [7, 11) is 0. The first kappa shape index (κ1) is 20.5. The van der Waals surface area contributed by atoms with Crippen LogP contribution in [0.1, 0.15) is 84.7 Å². The Hall–Kier alpha value is -3.12. The van der Waals surface area contributed by atoms with Crippen LogP contribution in [0.4, 0.5) is 0 Å². The molecule has 0 saturated carbocycles. The molecule has 2 aliphatic rings. The lowest BCUT2D eigenvalue weighted by molar-refractivity contribution is 0.511. The highest BCUT2D eigenvalue weighted by Crippen LogP contribution is 2.51. The molecule has 0 saturated heterocycles. The molecule has 2 aliphatic carbocycles. The average molecular weight is 429 g/mol. The van der Waals surface area contributed by atoms with Crippen molar-refractivity contribution in [1.29, 1.82) is 0 Å². The van der Waals surface area contributed by atoms with Gasteiger partial charge in [-0.3, -0.25) is 0 Å². The van der Waals surface area contributed by atoms with Crippen LogP contribution in [0.2, 0.25) is 0 Å². The van der Waals surface area contributed by atoms with Gasteiger partial charge in [0.2, 0.25) is 0 Å². The first-order valence-corrected chi connectivity index (χ1v) is 12.7. The lowest BCUT2D eigenvalue weighted by Gasteiger charge is -2.26. The topological polar surface area (TPSA) is 0 Å². The second kappa shape index (κ2) is 8.34. The summed E-state index contributed by atoms with van der Waals surface area (Å²) in [5, 5.41) is 2.79. The van der Waals surface area contributed by atoms with Gasteiger partial charge in [-0.1, -0.05) is 98.8 Å². The molecule has 0 spiro atoms. The molecule has 2 atom stereocenters. The lowest BCUT2D eigenvalue weighted by atomic mass is 9.78. The van der Waals surface area contributed by atoms with Gasteiger partial charge in [-0.25, -0.2) is 0 Å². The molecule has 4 aromatic carbocycles. The molecule has 0 nitrogen and oxygen atoms in total. The third-order valence-corrected chi connectivity index (χ3v) is 8.15. The fraction of sp³-hybridized carbons (Fsp3) is 0.273. The Bertz CT molecular complexity index is 1310. The molecule has 0 N–H and O–H groups in total. The summed E-state index contributed by atoms with van der Waals surface area (Å²) >= 11 is 0. The predicted molar refractivity (Wildman–Crippen MR) is 142 cm³/mol. The van der Waals surface area contributed by atoms with Gasteiger partial charge in [0.25, 0.3) is 0 Å². The summed E-state index contributed by atoms with van der Waals surface area (Å²) in [4.78, 5) is 0. The highest BCUT2D eigenvalue weighted by molar-refractivity contribution is 6.04. The van der Waals surface area contributed by atoms with E-state index in [1.165, 1.54) is 58.7 Å². The average Bonchev–Trinajstić information content (AvgIpc) is 3.00. The van der Waals surface area contributed by atoms with Gasteiger partial charge in [0, 0.05) is 0 Å². The molecule has 0 fully saturated rings. The zero-order valence-electron chi connectivity index (χ0n) is 19.8. The van der Waals surface area contributed by atoms with Crippen LogP contribution >= 0.6 is 0 Å². The molecular formula is C33H32. The van der Waals surface area contributed by atoms with Crippen LogP contribution in [0.15, 0.2) is 84.9 Å². The normalized spacial score (nSPS) is 19.6. The van der Waals surface area contributed by atoms with Crippen molar-refractivity contribution in [3.05, 3.63) is 118 Å². The van der Waals surface area contributed by atoms with Crippen molar-refractivity contribution in [1.82, 2.24) is 0 Å². The van der Waals surface area contributed by atoms with Gasteiger partial charge in [0.1, 0.15) is 0 Å². The molecule has 164 valence electrons. The summed E-state index contributed by atoms with van der Waals surface area (Å²) < 4.78 is 0. The van der Waals surface area contributed by atoms with E-state index in [9.17, 15) is 0 Å². The van der Waals surface area contributed by atoms with Crippen molar-refractivity contribution < 1.29 is 0 Å². The maximum atomic E-state index is 2.41. The van der Waals surface area contributed by atoms with Crippen molar-refractivity contribution in [3.63, 3.8) is 0 Å². The number of hydrogen-bond donors (Lipinski definition) is 0. The highest BCUT2D eigenvalue weighted by atomic mass is 14.4. The Morgan fingerprint density at radius 1 is 0.606 bits per heavy atom. The van der Waals surface area contributed by atoms with Crippen molar-refractivity contribution in [2.75, 3.05) is 0 Å². The maximum Gasteiger partial charge on any atom is -0.00675 e. The predicted octanol–water partition coefficient (Wildman–Crippen LogP) is 9.14. The molecule has 0 unspecified atom stereocenters. The van der Waals surface area contributed by atoms with E-state index in [-0.39, 0.29) is 0 Å². The van der Waals surface area contributed by atoms with Crippen LogP contribution in [0.3, 0.4) is 0 Å². The van der Waals surface area contributed by atoms with E-state index in [1.54, 1.807) is 22.3 Å². The first-order valence-electron chi connectivity index (χ1n) is 12.7. The summed E-state index contributed by atoms with van der Waals surface area (Å²) in [6, 6.07) is 32.2. The quantitative estimate of drug-likeness (QED) is 0.298. The van der Waals surface area contributed by atoms with E-state index in [0.29, 0.717) is 11.8 Å². The molecule has 0 heteroatoms. The molecule has 0 aromatic heterocycles. The van der Waals surface area contributed by atoms with Gasteiger partial charge in [-0.2, -0.15) is 0 Å². The molecule has 0 radical (unpaired) electrons. The molecule has 0 heterocycles. The SMILES string of the molecule is CC[C@H]1c2ccccc2C(=C2CCCc3c2ccc2ccccc32)c2ccccc2[C@@H]1CC. The number of rotatable bonds is 2. The number of aryl methyl sites for hydroxylation is 1. The lowest BCUT2D eigenvalue weighted by Crippen LogP contribution is -2.10. The smallest absolute Gasteiger partial charge is 0.00675 e. The van der Waals surface area contributed by atoms with E-state index >= 15 is 0 Å². The van der Waals surface area contributed by atoms with Gasteiger partial charge >= 0.3 is 0 Å². The van der Waals surface area contributed by atoms with Crippen LogP contribution in [-0.2, 0) is 6.42 Å². The van der Waals surface area contributed by atoms with Crippen LogP contribution in [0.5, 0.6) is 0 Å². The summed E-state index contributed by atoms with van der Waals surface area (Å²) in [6.45, 7) is 4.74. The molecular weight excluding hydrogens is 396 g/mol. The fourth-order valence-electron chi connectivity index (χ4n) is 6.73. The number of benzene rings is 4. The van der Waals surface area contributed by atoms with Gasteiger partial charge in [0.05, 0.1) is 0 Å². The first-order chi connectivity index (χ1) is 16.3. The summed E-state index contributed by atoms with van der Waals surface area (Å²) in [6.07, 6.45) is 5.89. The number of hydrogen-bond acceptors (Lipinski definition) is 0. The van der Waals surface area contributed by atoms with Gasteiger partial charge in [0.15, 0.2) is 0 Å². The van der Waals surface area contributed by atoms with E-state index in [0.717, 1.165) is 6.42 Å². The van der Waals surface area contributed by atoms with Gasteiger partial charge < -0.3 is 0 Å². The van der Waals surface area contributed by atoms with Crippen LogP contribution < -0.4 is 0 Å². The molecule has 0 bridgehead atoms. The third kappa shape index (κ3) is 3.19. The van der Waals surface area contributed by atoms with Crippen molar-refractivity contribution in [3.8, 4) is 0 Å². The van der Waals surface area contributed by atoms with Crippen molar-refractivity contribution in [2.24, 2.45) is 0 Å². The molecule has 0 amide bonds. The second-order valence-electron chi connectivity index (χ2n) is 9.72. The van der Waals surface area contributed by atoms with Crippen LogP contribution in [0.25, 0.3) is 21.9 Å². The number of allylic oxidation sites excluding steroid dienone is 1. The monoisotopic (exact) mass is 428 g/mol. The van der Waals surface area contributed by atoms with Gasteiger partial charge in [-0.05, 0) is 99.2 Å². The Morgan fingerprint density at radius 3 is 1.88 bits per heavy atom. The van der Waals surface area contributed by atoms with Crippen LogP contribution in [0, 0.1) is 0 Å². The standard InChI is InChI=1S/C33H32/c1-3-23-24(4-2)27-15-8-10-17-31(27)33(30-16-9-7-14-26(23)30)32-19-11-18-28-25-13-6-5-12-22(25)20-21-29(28)32/h5-10,12-17,20-21,23-24H,3-4,11,18-19H2,1-2H3/t23-,24-/m1/s1. The minimum Gasteiger partial charge on any atom is -0.0648 e. The molecule has 0 aliphatic heterocycles. The minimum atomic E-state index is 0.560. The maximum absolute atomic E-state index is 2.41. The zero-order chi connectivity index (χ0) is 22.4. The number of fused-ring (bicyclic) bond motifs is 5. The van der Waals surface area contributed by atoms with E-state index in [1.807, 2.05) is 0 Å². The fourth-order valence-corrected chi connectivity index (χ4v) is 6.73.